The number of fused-ring (bicyclic) bond motifs is 1. The Labute approximate surface area is 177 Å². The molecule has 0 spiro atoms. The molecule has 4 rings (SSSR count). The van der Waals surface area contributed by atoms with Gasteiger partial charge in [0, 0.05) is 21.7 Å². The summed E-state index contributed by atoms with van der Waals surface area (Å²) in [5.74, 6) is -1.54. The molecule has 0 aromatic heterocycles. The molecular formula is C24H27ClN2O2. The first-order chi connectivity index (χ1) is 13.6. The normalized spacial score (nSPS) is 33.2. The predicted molar refractivity (Wildman–Crippen MR) is 117 cm³/mol. The van der Waals surface area contributed by atoms with Gasteiger partial charge in [-0.05, 0) is 58.7 Å². The summed E-state index contributed by atoms with van der Waals surface area (Å²) in [7, 11) is 0. The third-order valence-corrected chi connectivity index (χ3v) is 6.11. The second kappa shape index (κ2) is 6.98. The molecule has 2 aliphatic carbocycles. The molecule has 0 radical (unpaired) electrons. The van der Waals surface area contributed by atoms with Crippen LogP contribution in [0, 0.1) is 0 Å². The van der Waals surface area contributed by atoms with Crippen molar-refractivity contribution >= 4 is 17.6 Å². The van der Waals surface area contributed by atoms with Crippen LogP contribution < -0.4 is 10.6 Å². The van der Waals surface area contributed by atoms with Gasteiger partial charge in [0.1, 0.15) is 0 Å². The summed E-state index contributed by atoms with van der Waals surface area (Å²) in [5.41, 5.74) is 2.94. The number of hydrogen-bond acceptors (Lipinski definition) is 4. The Morgan fingerprint density at radius 3 is 2.00 bits per heavy atom. The third kappa shape index (κ3) is 3.85. The number of rotatable bonds is 4. The van der Waals surface area contributed by atoms with Gasteiger partial charge < -0.3 is 4.74 Å². The molecule has 29 heavy (non-hydrogen) atoms. The molecular weight excluding hydrogens is 384 g/mol. The smallest absolute Gasteiger partial charge is 0.341 e. The number of hydrogen-bond donors (Lipinski definition) is 2. The Hall–Kier alpha value is -2.14. The van der Waals surface area contributed by atoms with Crippen molar-refractivity contribution in [1.29, 1.82) is 0 Å². The monoisotopic (exact) mass is 410 g/mol. The van der Waals surface area contributed by atoms with Crippen molar-refractivity contribution < 1.29 is 9.53 Å². The summed E-state index contributed by atoms with van der Waals surface area (Å²) < 4.78 is 6.04. The fourth-order valence-electron chi connectivity index (χ4n) is 4.10. The highest BCUT2D eigenvalue weighted by atomic mass is 35.5. The van der Waals surface area contributed by atoms with Crippen LogP contribution in [0.2, 0.25) is 5.02 Å². The maximum absolute atomic E-state index is 12.8. The highest BCUT2D eigenvalue weighted by molar-refractivity contribution is 6.31. The van der Waals surface area contributed by atoms with E-state index in [0.717, 1.165) is 18.4 Å². The minimum absolute atomic E-state index is 0.380. The molecule has 1 aliphatic heterocycles. The van der Waals surface area contributed by atoms with Crippen LogP contribution in [0.5, 0.6) is 0 Å². The second-order valence-electron chi connectivity index (χ2n) is 8.82. The Morgan fingerprint density at radius 1 is 0.966 bits per heavy atom. The van der Waals surface area contributed by atoms with Crippen molar-refractivity contribution in [3.8, 4) is 0 Å². The van der Waals surface area contributed by atoms with E-state index in [9.17, 15) is 4.79 Å². The van der Waals surface area contributed by atoms with Crippen molar-refractivity contribution in [3.63, 3.8) is 0 Å². The van der Waals surface area contributed by atoms with E-state index in [2.05, 4.69) is 74.8 Å². The molecule has 5 heteroatoms. The van der Waals surface area contributed by atoms with Crippen molar-refractivity contribution in [2.75, 3.05) is 0 Å². The molecule has 1 heterocycles. The Bertz CT molecular complexity index is 947. The number of allylic oxidation sites excluding steroid dienone is 4. The molecule has 2 unspecified atom stereocenters. The van der Waals surface area contributed by atoms with Gasteiger partial charge in [0.05, 0.1) is 5.56 Å². The lowest BCUT2D eigenvalue weighted by Gasteiger charge is -2.45. The number of halogens is 1. The van der Waals surface area contributed by atoms with Crippen molar-refractivity contribution in [3.05, 3.63) is 82.0 Å². The standard InChI is InChI=1S/C24H27ClN2O2/c1-16-7-11-22(3,12-8-16)26-24(27-23(4)13-9-17(2)10-14-23)20-6-5-18(25)15-19(20)21(28)29-24/h5-11,13,15,26-27H,12,14H2,1-4H3. The van der Waals surface area contributed by atoms with Gasteiger partial charge in [-0.1, -0.05) is 59.2 Å². The molecule has 0 saturated heterocycles. The molecule has 0 fully saturated rings. The van der Waals surface area contributed by atoms with Crippen LogP contribution >= 0.6 is 11.6 Å². The molecule has 2 N–H and O–H groups in total. The zero-order chi connectivity index (χ0) is 20.9. The first kappa shape index (κ1) is 20.1. The summed E-state index contributed by atoms with van der Waals surface area (Å²) in [5, 5.41) is 7.78. The van der Waals surface area contributed by atoms with E-state index in [-0.39, 0.29) is 17.0 Å². The number of benzene rings is 1. The van der Waals surface area contributed by atoms with E-state index in [1.807, 2.05) is 6.07 Å². The topological polar surface area (TPSA) is 50.4 Å². The fourth-order valence-corrected chi connectivity index (χ4v) is 4.27. The average molecular weight is 411 g/mol. The first-order valence-corrected chi connectivity index (χ1v) is 10.3. The van der Waals surface area contributed by atoms with Crippen LogP contribution in [0.1, 0.15) is 56.5 Å². The summed E-state index contributed by atoms with van der Waals surface area (Å²) in [4.78, 5) is 12.8. The highest BCUT2D eigenvalue weighted by Crippen LogP contribution is 2.39. The summed E-state index contributed by atoms with van der Waals surface area (Å²) >= 11 is 6.17. The number of cyclic esters (lactones) is 1. The van der Waals surface area contributed by atoms with E-state index in [1.54, 1.807) is 12.1 Å². The molecule has 2 atom stereocenters. The van der Waals surface area contributed by atoms with Crippen LogP contribution in [0.15, 0.2) is 65.8 Å². The summed E-state index contributed by atoms with van der Waals surface area (Å²) in [6.07, 6.45) is 14.4. The molecule has 3 aliphatic rings. The minimum Gasteiger partial charge on any atom is -0.422 e. The molecule has 1 aromatic carbocycles. The van der Waals surface area contributed by atoms with Gasteiger partial charge in [0.15, 0.2) is 0 Å². The first-order valence-electron chi connectivity index (χ1n) is 9.96. The molecule has 152 valence electrons. The van der Waals surface area contributed by atoms with Crippen LogP contribution in [0.3, 0.4) is 0 Å². The fraction of sp³-hybridized carbons (Fsp3) is 0.375. The SMILES string of the molecule is CC1=CCC(C)(NC2(NC3(C)C=CC(C)=CC3)OC(=O)c3cc(Cl)ccc32)C=C1. The lowest BCUT2D eigenvalue weighted by atomic mass is 9.87. The number of nitrogens with one attached hydrogen (secondary N) is 2. The van der Waals surface area contributed by atoms with Crippen molar-refractivity contribution in [2.24, 2.45) is 0 Å². The van der Waals surface area contributed by atoms with Gasteiger partial charge >= 0.3 is 5.97 Å². The molecule has 0 saturated carbocycles. The van der Waals surface area contributed by atoms with E-state index in [1.165, 1.54) is 11.1 Å². The van der Waals surface area contributed by atoms with Gasteiger partial charge in [0.25, 0.3) is 5.85 Å². The largest absolute Gasteiger partial charge is 0.422 e. The predicted octanol–water partition coefficient (Wildman–Crippen LogP) is 5.13. The quantitative estimate of drug-likeness (QED) is 0.533. The Morgan fingerprint density at radius 2 is 1.52 bits per heavy atom. The average Bonchev–Trinajstić information content (AvgIpc) is 2.91. The Kier molecular flexibility index (Phi) is 4.85. The zero-order valence-corrected chi connectivity index (χ0v) is 18.1. The summed E-state index contributed by atoms with van der Waals surface area (Å²) in [6.45, 7) is 8.39. The van der Waals surface area contributed by atoms with Crippen LogP contribution in [-0.2, 0) is 10.6 Å². The maximum atomic E-state index is 12.8. The highest BCUT2D eigenvalue weighted by Gasteiger charge is 2.51. The van der Waals surface area contributed by atoms with E-state index < -0.39 is 5.85 Å². The number of carbonyl (C=O) groups is 1. The van der Waals surface area contributed by atoms with Crippen LogP contribution in [0.4, 0.5) is 0 Å². The van der Waals surface area contributed by atoms with E-state index in [0.29, 0.717) is 10.6 Å². The van der Waals surface area contributed by atoms with E-state index in [4.69, 9.17) is 16.3 Å². The molecule has 4 nitrogen and oxygen atoms in total. The van der Waals surface area contributed by atoms with Gasteiger partial charge in [-0.25, -0.2) is 4.79 Å². The van der Waals surface area contributed by atoms with Crippen LogP contribution in [0.25, 0.3) is 0 Å². The summed E-state index contributed by atoms with van der Waals surface area (Å²) in [6, 6.07) is 5.35. The third-order valence-electron chi connectivity index (χ3n) is 5.87. The van der Waals surface area contributed by atoms with Gasteiger partial charge in [0.2, 0.25) is 0 Å². The van der Waals surface area contributed by atoms with Gasteiger partial charge in [-0.3, -0.25) is 10.6 Å². The molecule has 0 bridgehead atoms. The molecule has 1 aromatic rings. The number of ether oxygens (including phenoxy) is 1. The zero-order valence-electron chi connectivity index (χ0n) is 17.3. The lowest BCUT2D eigenvalue weighted by Crippen LogP contribution is -2.66. The number of carbonyl (C=O) groups excluding carboxylic acids is 1. The lowest BCUT2D eigenvalue weighted by molar-refractivity contribution is -0.0760. The molecule has 0 amide bonds. The maximum Gasteiger partial charge on any atom is 0.341 e. The van der Waals surface area contributed by atoms with Gasteiger partial charge in [-0.15, -0.1) is 0 Å². The van der Waals surface area contributed by atoms with Crippen LogP contribution in [-0.4, -0.2) is 17.0 Å². The number of esters is 1. The second-order valence-corrected chi connectivity index (χ2v) is 9.25. The van der Waals surface area contributed by atoms with Gasteiger partial charge in [-0.2, -0.15) is 0 Å². The Balaban J connectivity index is 1.76. The van der Waals surface area contributed by atoms with Crippen molar-refractivity contribution in [1.82, 2.24) is 10.6 Å². The van der Waals surface area contributed by atoms with Crippen molar-refractivity contribution in [2.45, 2.75) is 57.5 Å². The minimum atomic E-state index is -1.16. The van der Waals surface area contributed by atoms with E-state index >= 15 is 0 Å².